The van der Waals surface area contributed by atoms with E-state index in [1.165, 1.54) is 5.56 Å². The van der Waals surface area contributed by atoms with Gasteiger partial charge in [-0.1, -0.05) is 54.9 Å². The zero-order valence-electron chi connectivity index (χ0n) is 23.1. The number of piperidine rings is 1. The van der Waals surface area contributed by atoms with Crippen LogP contribution in [0.2, 0.25) is 5.02 Å². The van der Waals surface area contributed by atoms with Gasteiger partial charge in [0.2, 0.25) is 5.91 Å². The number of benzene rings is 2. The normalized spacial score (nSPS) is 23.7. The lowest BCUT2D eigenvalue weighted by Gasteiger charge is -2.44. The number of nitrogens with zero attached hydrogens (tertiary/aromatic N) is 1. The first-order chi connectivity index (χ1) is 18.4. The third-order valence-electron chi connectivity index (χ3n) is 8.79. The molecular weight excluding hydrogens is 496 g/mol. The summed E-state index contributed by atoms with van der Waals surface area (Å²) in [7, 11) is 1.71. The Morgan fingerprint density at radius 1 is 1.13 bits per heavy atom. The molecule has 0 radical (unpaired) electrons. The third kappa shape index (κ3) is 6.62. The van der Waals surface area contributed by atoms with E-state index in [9.17, 15) is 9.90 Å². The number of amides is 1. The van der Waals surface area contributed by atoms with Crippen molar-refractivity contribution in [3.8, 4) is 11.1 Å². The molecule has 1 saturated heterocycles. The Labute approximate surface area is 233 Å². The van der Waals surface area contributed by atoms with Gasteiger partial charge in [0, 0.05) is 55.3 Å². The quantitative estimate of drug-likeness (QED) is 0.345. The minimum atomic E-state index is -1.11. The van der Waals surface area contributed by atoms with Crippen molar-refractivity contribution in [1.29, 1.82) is 0 Å². The fraction of sp³-hybridized carbons (Fsp3) is 0.594. The predicted octanol–water partition coefficient (Wildman–Crippen LogP) is 6.33. The molecule has 0 unspecified atom stereocenters. The highest BCUT2D eigenvalue weighted by molar-refractivity contribution is 6.33. The van der Waals surface area contributed by atoms with Gasteiger partial charge in [0.25, 0.3) is 0 Å². The zero-order chi connectivity index (χ0) is 27.1. The van der Waals surface area contributed by atoms with E-state index in [1.807, 2.05) is 23.1 Å². The zero-order valence-corrected chi connectivity index (χ0v) is 23.9. The molecule has 2 aromatic rings. The maximum absolute atomic E-state index is 13.5. The number of likely N-dealkylation sites (tertiary alicyclic amines) is 1. The Balaban J connectivity index is 1.68. The van der Waals surface area contributed by atoms with Crippen LogP contribution in [0.3, 0.4) is 0 Å². The Morgan fingerprint density at radius 3 is 2.63 bits per heavy atom. The molecule has 0 bridgehead atoms. The van der Waals surface area contributed by atoms with Crippen LogP contribution in [0.5, 0.6) is 0 Å². The lowest BCUT2D eigenvalue weighted by Crippen LogP contribution is -2.50. The number of unbranched alkanes of at least 4 members (excludes halogenated alkanes) is 1. The van der Waals surface area contributed by atoms with E-state index in [-0.39, 0.29) is 23.8 Å². The van der Waals surface area contributed by atoms with E-state index in [0.29, 0.717) is 24.6 Å². The topological polar surface area (TPSA) is 75.8 Å². The molecule has 3 N–H and O–H groups in total. The summed E-state index contributed by atoms with van der Waals surface area (Å²) in [6, 6.07) is 14.6. The van der Waals surface area contributed by atoms with Gasteiger partial charge in [-0.05, 0) is 87.0 Å². The minimum Gasteiger partial charge on any atom is -0.385 e. The van der Waals surface area contributed by atoms with Gasteiger partial charge in [-0.3, -0.25) is 4.79 Å². The van der Waals surface area contributed by atoms with Crippen molar-refractivity contribution in [2.75, 3.05) is 26.8 Å². The maximum Gasteiger partial charge on any atom is 0.225 e. The van der Waals surface area contributed by atoms with Crippen LogP contribution in [0.1, 0.15) is 75.8 Å². The van der Waals surface area contributed by atoms with Crippen LogP contribution in [0.15, 0.2) is 42.5 Å². The second kappa shape index (κ2) is 13.4. The van der Waals surface area contributed by atoms with Crippen molar-refractivity contribution in [1.82, 2.24) is 4.90 Å². The van der Waals surface area contributed by atoms with Crippen LogP contribution >= 0.6 is 11.6 Å². The summed E-state index contributed by atoms with van der Waals surface area (Å²) in [5.74, 6) is 0.229. The van der Waals surface area contributed by atoms with Crippen LogP contribution in [0, 0.1) is 11.8 Å². The third-order valence-corrected chi connectivity index (χ3v) is 9.10. The summed E-state index contributed by atoms with van der Waals surface area (Å²) in [5, 5.41) is 13.3. The van der Waals surface area contributed by atoms with Gasteiger partial charge in [-0.2, -0.15) is 0 Å². The molecule has 1 aliphatic carbocycles. The molecule has 2 fully saturated rings. The monoisotopic (exact) mass is 540 g/mol. The molecule has 0 spiro atoms. The van der Waals surface area contributed by atoms with Gasteiger partial charge < -0.3 is 20.5 Å². The molecule has 38 heavy (non-hydrogen) atoms. The fourth-order valence-corrected chi connectivity index (χ4v) is 6.80. The summed E-state index contributed by atoms with van der Waals surface area (Å²) in [6.07, 6.45) is 8.57. The molecule has 0 aromatic heterocycles. The minimum absolute atomic E-state index is 0.0573. The molecule has 2 atom stereocenters. The molecule has 208 valence electrons. The van der Waals surface area contributed by atoms with Crippen molar-refractivity contribution in [2.45, 2.75) is 82.8 Å². The van der Waals surface area contributed by atoms with Crippen LogP contribution in [0.4, 0.5) is 0 Å². The number of hydrogen-bond donors (Lipinski definition) is 2. The smallest absolute Gasteiger partial charge is 0.225 e. The number of aliphatic hydroxyl groups is 1. The fourth-order valence-electron chi connectivity index (χ4n) is 6.52. The SMILES string of the molecule is CCc1cccc(-c2c(Cl)cccc2[C@](O)(CCCCOC)[C@@H]2CCCN(C(=O)C3CCC(N)CC3)C2)c1. The van der Waals surface area contributed by atoms with Gasteiger partial charge >= 0.3 is 0 Å². The molecule has 4 rings (SSSR count). The molecule has 2 aliphatic rings. The second-order valence-electron chi connectivity index (χ2n) is 11.3. The Bertz CT molecular complexity index is 1070. The van der Waals surface area contributed by atoms with Crippen molar-refractivity contribution < 1.29 is 14.6 Å². The summed E-state index contributed by atoms with van der Waals surface area (Å²) >= 11 is 6.87. The number of hydrogen-bond acceptors (Lipinski definition) is 4. The summed E-state index contributed by atoms with van der Waals surface area (Å²) in [6.45, 7) is 4.14. The lowest BCUT2D eigenvalue weighted by atomic mass is 9.71. The first kappa shape index (κ1) is 29.1. The standard InChI is InChI=1S/C32H45ClN2O3/c1-3-23-9-6-10-25(21-23)30-28(12-7-13-29(30)33)32(37,18-4-5-20-38-2)26-11-8-19-35(22-26)31(36)24-14-16-27(34)17-15-24/h6-7,9-10,12-13,21,24,26-27,37H,3-5,8,11,14-20,22,34H2,1-2H3/t24?,26-,27?,32+/m1/s1. The van der Waals surface area contributed by atoms with Crippen LogP contribution in [-0.2, 0) is 21.6 Å². The average molecular weight is 541 g/mol. The highest BCUT2D eigenvalue weighted by atomic mass is 35.5. The first-order valence-corrected chi connectivity index (χ1v) is 14.9. The van der Waals surface area contributed by atoms with E-state index >= 15 is 0 Å². The lowest BCUT2D eigenvalue weighted by molar-refractivity contribution is -0.142. The Morgan fingerprint density at radius 2 is 1.89 bits per heavy atom. The number of carbonyl (C=O) groups is 1. The van der Waals surface area contributed by atoms with Crippen molar-refractivity contribution in [2.24, 2.45) is 17.6 Å². The first-order valence-electron chi connectivity index (χ1n) is 14.5. The molecule has 2 aromatic carbocycles. The number of rotatable bonds is 10. The van der Waals surface area contributed by atoms with Gasteiger partial charge in [0.1, 0.15) is 0 Å². The van der Waals surface area contributed by atoms with E-state index in [0.717, 1.165) is 81.0 Å². The van der Waals surface area contributed by atoms with Crippen molar-refractivity contribution in [3.63, 3.8) is 0 Å². The average Bonchev–Trinajstić information content (AvgIpc) is 2.95. The van der Waals surface area contributed by atoms with Crippen LogP contribution < -0.4 is 5.73 Å². The molecule has 6 heteroatoms. The highest BCUT2D eigenvalue weighted by Gasteiger charge is 2.43. The van der Waals surface area contributed by atoms with Gasteiger partial charge in [0.05, 0.1) is 5.60 Å². The van der Waals surface area contributed by atoms with Crippen LogP contribution in [0.25, 0.3) is 11.1 Å². The summed E-state index contributed by atoms with van der Waals surface area (Å²) in [5.41, 5.74) is 9.04. The second-order valence-corrected chi connectivity index (χ2v) is 11.7. The maximum atomic E-state index is 13.5. The van der Waals surface area contributed by atoms with E-state index < -0.39 is 5.60 Å². The molecule has 1 heterocycles. The molecule has 5 nitrogen and oxygen atoms in total. The van der Waals surface area contributed by atoms with Crippen LogP contribution in [-0.4, -0.2) is 48.8 Å². The summed E-state index contributed by atoms with van der Waals surface area (Å²) in [4.78, 5) is 15.6. The number of nitrogens with two attached hydrogens (primary N) is 1. The number of carbonyl (C=O) groups excluding carboxylic acids is 1. The van der Waals surface area contributed by atoms with E-state index in [4.69, 9.17) is 22.1 Å². The molecule has 1 amide bonds. The largest absolute Gasteiger partial charge is 0.385 e. The van der Waals surface area contributed by atoms with Gasteiger partial charge in [-0.25, -0.2) is 0 Å². The number of aryl methyl sites for hydroxylation is 1. The molecule has 1 aliphatic heterocycles. The van der Waals surface area contributed by atoms with Crippen molar-refractivity contribution >= 4 is 17.5 Å². The van der Waals surface area contributed by atoms with Gasteiger partial charge in [-0.15, -0.1) is 0 Å². The highest BCUT2D eigenvalue weighted by Crippen LogP contribution is 2.46. The number of methoxy groups -OCH3 is 1. The number of ether oxygens (including phenoxy) is 1. The number of halogens is 1. The van der Waals surface area contributed by atoms with E-state index in [1.54, 1.807) is 7.11 Å². The Hall–Kier alpha value is -1.92. The van der Waals surface area contributed by atoms with E-state index in [2.05, 4.69) is 31.2 Å². The molecule has 1 saturated carbocycles. The van der Waals surface area contributed by atoms with Gasteiger partial charge in [0.15, 0.2) is 0 Å². The van der Waals surface area contributed by atoms with Crippen molar-refractivity contribution in [3.05, 3.63) is 58.6 Å². The predicted molar refractivity (Wildman–Crippen MR) is 155 cm³/mol. The molecular formula is C32H45ClN2O3. The Kier molecular flexibility index (Phi) is 10.3. The summed E-state index contributed by atoms with van der Waals surface area (Å²) < 4.78 is 5.30.